The molecule has 2 rings (SSSR count). The summed E-state index contributed by atoms with van der Waals surface area (Å²) in [6, 6.07) is 2.59. The molecule has 0 radical (unpaired) electrons. The number of aromatic nitrogens is 1. The Morgan fingerprint density at radius 3 is 2.94 bits per heavy atom. The monoisotopic (exact) mass is 238 g/mol. The molecular formula is C12H15FN2O2. The molecule has 1 aliphatic rings. The minimum absolute atomic E-state index is 0.0279. The molecule has 4 nitrogen and oxygen atoms in total. The summed E-state index contributed by atoms with van der Waals surface area (Å²) in [5, 5.41) is 2.91. The lowest BCUT2D eigenvalue weighted by molar-refractivity contribution is 0.0727. The first-order valence-electron chi connectivity index (χ1n) is 5.57. The van der Waals surface area contributed by atoms with Gasteiger partial charge in [-0.25, -0.2) is 4.98 Å². The van der Waals surface area contributed by atoms with Crippen LogP contribution in [-0.4, -0.2) is 29.1 Å². The Bertz CT molecular complexity index is 421. The quantitative estimate of drug-likeness (QED) is 0.795. The summed E-state index contributed by atoms with van der Waals surface area (Å²) in [5.74, 6) is -0.845. The number of carbonyl (C=O) groups excluding carboxylic acids is 1. The molecule has 0 aromatic carbocycles. The molecule has 1 N–H and O–H groups in total. The van der Waals surface area contributed by atoms with Gasteiger partial charge in [0.05, 0.1) is 17.2 Å². The number of rotatable bonds is 2. The Morgan fingerprint density at radius 2 is 2.41 bits per heavy atom. The number of hydrogen-bond acceptors (Lipinski definition) is 3. The highest BCUT2D eigenvalue weighted by Gasteiger charge is 2.38. The van der Waals surface area contributed by atoms with Crippen LogP contribution >= 0.6 is 0 Å². The first-order valence-corrected chi connectivity index (χ1v) is 5.57. The van der Waals surface area contributed by atoms with Crippen molar-refractivity contribution in [2.75, 3.05) is 6.61 Å². The van der Waals surface area contributed by atoms with E-state index in [1.165, 1.54) is 18.3 Å². The van der Waals surface area contributed by atoms with Gasteiger partial charge in [-0.1, -0.05) is 0 Å². The van der Waals surface area contributed by atoms with Gasteiger partial charge in [0.1, 0.15) is 0 Å². The molecule has 1 aliphatic heterocycles. The molecule has 5 heteroatoms. The second-order valence-corrected chi connectivity index (χ2v) is 4.50. The highest BCUT2D eigenvalue weighted by Crippen LogP contribution is 2.25. The fraction of sp³-hybridized carbons (Fsp3) is 0.500. The van der Waals surface area contributed by atoms with E-state index in [1.807, 2.05) is 13.8 Å². The van der Waals surface area contributed by atoms with E-state index >= 15 is 0 Å². The van der Waals surface area contributed by atoms with Crippen LogP contribution in [0, 0.1) is 5.95 Å². The maximum atomic E-state index is 12.6. The van der Waals surface area contributed by atoms with Crippen LogP contribution in [0.3, 0.4) is 0 Å². The minimum Gasteiger partial charge on any atom is -0.376 e. The first kappa shape index (κ1) is 12.0. The summed E-state index contributed by atoms with van der Waals surface area (Å²) in [4.78, 5) is 15.4. The molecule has 2 heterocycles. The minimum atomic E-state index is -0.592. The largest absolute Gasteiger partial charge is 0.376 e. The summed E-state index contributed by atoms with van der Waals surface area (Å²) < 4.78 is 18.1. The smallest absolute Gasteiger partial charge is 0.253 e. The highest BCUT2D eigenvalue weighted by molar-refractivity contribution is 5.94. The van der Waals surface area contributed by atoms with Crippen molar-refractivity contribution in [3.05, 3.63) is 29.8 Å². The topological polar surface area (TPSA) is 51.2 Å². The van der Waals surface area contributed by atoms with Crippen molar-refractivity contribution in [2.45, 2.75) is 31.9 Å². The van der Waals surface area contributed by atoms with E-state index in [0.29, 0.717) is 12.2 Å². The van der Waals surface area contributed by atoms with Crippen molar-refractivity contribution in [3.8, 4) is 0 Å². The maximum Gasteiger partial charge on any atom is 0.253 e. The van der Waals surface area contributed by atoms with E-state index < -0.39 is 5.95 Å². The van der Waals surface area contributed by atoms with Crippen LogP contribution in [0.5, 0.6) is 0 Å². The van der Waals surface area contributed by atoms with Gasteiger partial charge in [0.2, 0.25) is 5.95 Å². The fourth-order valence-corrected chi connectivity index (χ4v) is 1.84. The molecular weight excluding hydrogens is 223 g/mol. The van der Waals surface area contributed by atoms with Crippen LogP contribution in [0.4, 0.5) is 4.39 Å². The maximum absolute atomic E-state index is 12.6. The predicted octanol–water partition coefficient (Wildman–Crippen LogP) is 1.52. The number of ether oxygens (including phenoxy) is 1. The number of hydrogen-bond donors (Lipinski definition) is 1. The normalized spacial score (nSPS) is 28.1. The molecule has 2 atom stereocenters. The molecule has 1 fully saturated rings. The van der Waals surface area contributed by atoms with Crippen molar-refractivity contribution in [3.63, 3.8) is 0 Å². The number of amides is 1. The molecule has 0 spiro atoms. The fourth-order valence-electron chi connectivity index (χ4n) is 1.84. The number of nitrogens with one attached hydrogen (secondary N) is 1. The molecule has 0 bridgehead atoms. The van der Waals surface area contributed by atoms with Crippen LogP contribution in [0.2, 0.25) is 0 Å². The van der Waals surface area contributed by atoms with Gasteiger partial charge in [0.25, 0.3) is 5.91 Å². The summed E-state index contributed by atoms with van der Waals surface area (Å²) in [6.07, 6.45) is 1.98. The summed E-state index contributed by atoms with van der Waals surface area (Å²) in [6.45, 7) is 4.51. The van der Waals surface area contributed by atoms with E-state index in [9.17, 15) is 9.18 Å². The molecule has 1 aromatic heterocycles. The van der Waals surface area contributed by atoms with E-state index in [2.05, 4.69) is 10.3 Å². The van der Waals surface area contributed by atoms with Gasteiger partial charge in [-0.15, -0.1) is 0 Å². The molecule has 1 amide bonds. The Balaban J connectivity index is 2.09. The van der Waals surface area contributed by atoms with Crippen LogP contribution in [0.1, 0.15) is 30.6 Å². The van der Waals surface area contributed by atoms with Crippen molar-refractivity contribution in [1.82, 2.24) is 10.3 Å². The molecule has 0 aliphatic carbocycles. The average Bonchev–Trinajstić information content (AvgIpc) is 2.60. The highest BCUT2D eigenvalue weighted by atomic mass is 19.1. The van der Waals surface area contributed by atoms with Gasteiger partial charge >= 0.3 is 0 Å². The van der Waals surface area contributed by atoms with Gasteiger partial charge in [-0.05, 0) is 32.4 Å². The lowest BCUT2D eigenvalue weighted by Gasteiger charge is -2.28. The Hall–Kier alpha value is -1.49. The zero-order valence-electron chi connectivity index (χ0n) is 9.87. The van der Waals surface area contributed by atoms with Crippen LogP contribution in [0.15, 0.2) is 18.3 Å². The van der Waals surface area contributed by atoms with Gasteiger partial charge < -0.3 is 10.1 Å². The third-order valence-corrected chi connectivity index (χ3v) is 3.28. The Kier molecular flexibility index (Phi) is 3.11. The lowest BCUT2D eigenvalue weighted by atomic mass is 9.94. The summed E-state index contributed by atoms with van der Waals surface area (Å²) in [7, 11) is 0. The van der Waals surface area contributed by atoms with E-state index in [1.54, 1.807) is 0 Å². The van der Waals surface area contributed by atoms with Gasteiger partial charge in [-0.2, -0.15) is 4.39 Å². The number of nitrogens with zero attached hydrogens (tertiary/aromatic N) is 1. The molecule has 1 saturated heterocycles. The van der Waals surface area contributed by atoms with Crippen molar-refractivity contribution in [2.24, 2.45) is 0 Å². The van der Waals surface area contributed by atoms with Gasteiger partial charge in [0, 0.05) is 12.8 Å². The van der Waals surface area contributed by atoms with Crippen molar-refractivity contribution in [1.29, 1.82) is 0 Å². The molecule has 2 unspecified atom stereocenters. The SMILES string of the molecule is CC1OCCC1(C)NC(=O)c1ccc(F)nc1. The van der Waals surface area contributed by atoms with Crippen LogP contribution in [0.25, 0.3) is 0 Å². The van der Waals surface area contributed by atoms with Gasteiger partial charge in [-0.3, -0.25) is 4.79 Å². The van der Waals surface area contributed by atoms with Crippen molar-refractivity contribution >= 4 is 5.91 Å². The zero-order chi connectivity index (χ0) is 12.5. The van der Waals surface area contributed by atoms with E-state index in [4.69, 9.17) is 4.74 Å². The molecule has 17 heavy (non-hydrogen) atoms. The van der Waals surface area contributed by atoms with Crippen molar-refractivity contribution < 1.29 is 13.9 Å². The number of halogens is 1. The number of carbonyl (C=O) groups is 1. The second-order valence-electron chi connectivity index (χ2n) is 4.50. The summed E-state index contributed by atoms with van der Waals surface area (Å²) in [5.41, 5.74) is -0.0161. The Labute approximate surface area is 99.2 Å². The number of pyridine rings is 1. The molecule has 0 saturated carbocycles. The molecule has 92 valence electrons. The second kappa shape index (κ2) is 4.41. The summed E-state index contributed by atoms with van der Waals surface area (Å²) >= 11 is 0. The third kappa shape index (κ3) is 2.44. The van der Waals surface area contributed by atoms with Crippen LogP contribution < -0.4 is 5.32 Å². The molecule has 1 aromatic rings. The van der Waals surface area contributed by atoms with Gasteiger partial charge in [0.15, 0.2) is 0 Å². The predicted molar refractivity (Wildman–Crippen MR) is 60.1 cm³/mol. The zero-order valence-corrected chi connectivity index (χ0v) is 9.87. The van der Waals surface area contributed by atoms with E-state index in [-0.39, 0.29) is 17.6 Å². The lowest BCUT2D eigenvalue weighted by Crippen LogP contribution is -2.50. The standard InChI is InChI=1S/C12H15FN2O2/c1-8-12(2,5-6-17-8)15-11(16)9-3-4-10(13)14-7-9/h3-4,7-8H,5-6H2,1-2H3,(H,15,16). The third-order valence-electron chi connectivity index (χ3n) is 3.28. The average molecular weight is 238 g/mol. The van der Waals surface area contributed by atoms with Crippen LogP contribution in [-0.2, 0) is 4.74 Å². The first-order chi connectivity index (χ1) is 8.01. The Morgan fingerprint density at radius 1 is 1.65 bits per heavy atom. The van der Waals surface area contributed by atoms with E-state index in [0.717, 1.165) is 6.42 Å².